The topological polar surface area (TPSA) is 0 Å². The summed E-state index contributed by atoms with van der Waals surface area (Å²) in [7, 11) is 0. The van der Waals surface area contributed by atoms with Crippen molar-refractivity contribution in [1.29, 1.82) is 0 Å². The molecule has 0 unspecified atom stereocenters. The number of hydrogen-bond acceptors (Lipinski definition) is 0. The Morgan fingerprint density at radius 1 is 1.27 bits per heavy atom. The van der Waals surface area contributed by atoms with Crippen LogP contribution in [-0.4, -0.2) is 50.4 Å². The van der Waals surface area contributed by atoms with Crippen molar-refractivity contribution < 1.29 is 0 Å². The Balaban J connectivity index is 4.57. The van der Waals surface area contributed by atoms with E-state index < -0.39 is 13.3 Å². The van der Waals surface area contributed by atoms with Crippen molar-refractivity contribution >= 4 is 50.4 Å². The van der Waals surface area contributed by atoms with Crippen molar-refractivity contribution in [3.05, 3.63) is 10.1 Å². The summed E-state index contributed by atoms with van der Waals surface area (Å²) < 4.78 is 7.13. The molecule has 0 aromatic heterocycles. The normalized spacial score (nSPS) is 8.73. The van der Waals surface area contributed by atoms with Gasteiger partial charge in [0.05, 0.1) is 0 Å². The van der Waals surface area contributed by atoms with Gasteiger partial charge in [0.1, 0.15) is 0 Å². The van der Waals surface area contributed by atoms with Crippen LogP contribution in [0.4, 0.5) is 0 Å². The van der Waals surface area contributed by atoms with E-state index in [-0.39, 0.29) is 0 Å². The molecule has 0 aromatic carbocycles. The first-order valence-corrected chi connectivity index (χ1v) is 12.7. The van der Waals surface area contributed by atoms with Crippen molar-refractivity contribution in [2.45, 2.75) is 17.3 Å². The van der Waals surface area contributed by atoms with Crippen molar-refractivity contribution in [3.8, 4) is 10.7 Å². The molecule has 0 aromatic rings. The number of allylic oxidation sites excluding steroid dienone is 1. The van der Waals surface area contributed by atoms with E-state index in [2.05, 4.69) is 38.2 Å². The van der Waals surface area contributed by atoms with Gasteiger partial charge in [-0.25, -0.2) is 0 Å². The van der Waals surface area contributed by atoms with Crippen LogP contribution in [0.2, 0.25) is 17.3 Å². The predicted molar refractivity (Wildman–Crippen MR) is 54.7 cm³/mol. The molecule has 0 aliphatic carbocycles. The Morgan fingerprint density at radius 2 is 1.82 bits per heavy atom. The van der Waals surface area contributed by atoms with Gasteiger partial charge in [0.2, 0.25) is 0 Å². The fourth-order valence-corrected chi connectivity index (χ4v) is 3.02. The van der Waals surface area contributed by atoms with Crippen LogP contribution in [0.1, 0.15) is 0 Å². The molecule has 0 saturated carbocycles. The molecule has 0 aliphatic rings. The molecule has 0 spiro atoms. The predicted octanol–water partition coefficient (Wildman–Crippen LogP) is 0.644. The first-order chi connectivity index (χ1) is 4.95. The quantitative estimate of drug-likeness (QED) is 0.349. The molecule has 0 atom stereocenters. The standard InChI is InChI=1S/C8H9Ge3/c1-11(2,3)7-5-8(10)4-6-9/h1-3H3. The van der Waals surface area contributed by atoms with Gasteiger partial charge in [-0.15, -0.1) is 0 Å². The maximum atomic E-state index is 3.30. The Kier molecular flexibility index (Phi) is 5.59. The molecule has 3 heteroatoms. The second-order valence-corrected chi connectivity index (χ2v) is 14.7. The zero-order valence-corrected chi connectivity index (χ0v) is 13.3. The summed E-state index contributed by atoms with van der Waals surface area (Å²) >= 11 is 2.16. The Labute approximate surface area is 87.9 Å². The fourth-order valence-electron chi connectivity index (χ4n) is 0.344. The van der Waals surface area contributed by atoms with E-state index in [0.29, 0.717) is 0 Å². The molecule has 0 bridgehead atoms. The number of hydrogen-bond donors (Lipinski definition) is 0. The minimum absolute atomic E-state index is 0.994. The molecule has 0 fully saturated rings. The molecular weight excluding hydrogens is 314 g/mol. The van der Waals surface area contributed by atoms with Crippen LogP contribution in [0, 0.1) is 10.7 Å². The van der Waals surface area contributed by atoms with E-state index in [4.69, 9.17) is 0 Å². The van der Waals surface area contributed by atoms with Crippen molar-refractivity contribution in [1.82, 2.24) is 0 Å². The van der Waals surface area contributed by atoms with Crippen LogP contribution < -0.4 is 0 Å². The third-order valence-electron chi connectivity index (χ3n) is 0.750. The molecule has 0 saturated heterocycles. The molecule has 0 nitrogen and oxygen atoms in total. The second kappa shape index (κ2) is 5.30. The first kappa shape index (κ1) is 11.6. The van der Waals surface area contributed by atoms with Gasteiger partial charge in [-0.3, -0.25) is 0 Å². The van der Waals surface area contributed by atoms with Gasteiger partial charge in [-0.1, -0.05) is 0 Å². The molecule has 0 rings (SSSR count). The number of rotatable bonds is 0. The zero-order valence-electron chi connectivity index (χ0n) is 7.00. The molecule has 53 valence electrons. The molecule has 5 radical (unpaired) electrons. The summed E-state index contributed by atoms with van der Waals surface area (Å²) in [4.78, 5) is 0. The van der Waals surface area contributed by atoms with Gasteiger partial charge < -0.3 is 0 Å². The van der Waals surface area contributed by atoms with Crippen LogP contribution in [0.5, 0.6) is 0 Å². The summed E-state index contributed by atoms with van der Waals surface area (Å²) in [6.45, 7) is 0. The van der Waals surface area contributed by atoms with E-state index in [1.54, 1.807) is 0 Å². The van der Waals surface area contributed by atoms with E-state index in [1.165, 1.54) is 0 Å². The van der Waals surface area contributed by atoms with Crippen LogP contribution in [0.3, 0.4) is 0 Å². The van der Waals surface area contributed by atoms with Gasteiger partial charge >= 0.3 is 88.4 Å². The SMILES string of the molecule is [CH3][Ge]([CH3])([CH3])[C]#C[C]([Ge])=C=[C]=[Ge]. The Morgan fingerprint density at radius 3 is 2.18 bits per heavy atom. The van der Waals surface area contributed by atoms with E-state index in [0.717, 1.165) is 4.41 Å². The second-order valence-electron chi connectivity index (χ2n) is 3.12. The van der Waals surface area contributed by atoms with Crippen LogP contribution in [-0.2, 0) is 0 Å². The summed E-state index contributed by atoms with van der Waals surface area (Å²) in [5.41, 5.74) is 2.94. The minimum atomic E-state index is -1.65. The van der Waals surface area contributed by atoms with Crippen molar-refractivity contribution in [2.24, 2.45) is 0 Å². The summed E-state index contributed by atoms with van der Waals surface area (Å²) in [6, 6.07) is 0. The molecule has 11 heavy (non-hydrogen) atoms. The summed E-state index contributed by atoms with van der Waals surface area (Å²) in [6.07, 6.45) is 0. The first-order valence-electron chi connectivity index (χ1n) is 3.25. The third kappa shape index (κ3) is 8.53. The molecule has 0 heterocycles. The van der Waals surface area contributed by atoms with Crippen LogP contribution in [0.25, 0.3) is 0 Å². The van der Waals surface area contributed by atoms with Crippen LogP contribution in [0.15, 0.2) is 10.1 Å². The maximum absolute atomic E-state index is 3.30. The van der Waals surface area contributed by atoms with Gasteiger partial charge in [0.15, 0.2) is 0 Å². The Hall–Kier alpha value is 0.619. The van der Waals surface area contributed by atoms with Crippen molar-refractivity contribution in [3.63, 3.8) is 0 Å². The van der Waals surface area contributed by atoms with E-state index >= 15 is 0 Å². The molecular formula is C8H9Ge3. The molecule has 0 amide bonds. The molecule has 0 N–H and O–H groups in total. The van der Waals surface area contributed by atoms with Gasteiger partial charge in [-0.2, -0.15) is 0 Å². The van der Waals surface area contributed by atoms with Gasteiger partial charge in [0, 0.05) is 0 Å². The average molecular weight is 323 g/mol. The summed E-state index contributed by atoms with van der Waals surface area (Å²) in [5.74, 6) is 9.93. The Bertz CT molecular complexity index is 273. The van der Waals surface area contributed by atoms with Gasteiger partial charge in [0.25, 0.3) is 0 Å². The van der Waals surface area contributed by atoms with Crippen LogP contribution >= 0.6 is 0 Å². The fraction of sp³-hybridized carbons (Fsp3) is 0.375. The van der Waals surface area contributed by atoms with Gasteiger partial charge in [-0.05, 0) is 0 Å². The summed E-state index contributed by atoms with van der Waals surface area (Å²) in [5, 5.41) is 0. The average Bonchev–Trinajstić information content (AvgIpc) is 1.83. The monoisotopic (exact) mass is 327 g/mol. The zero-order chi connectivity index (χ0) is 8.91. The molecule has 0 aliphatic heterocycles. The van der Waals surface area contributed by atoms with E-state index in [9.17, 15) is 0 Å². The third-order valence-corrected chi connectivity index (χ3v) is 3.37. The van der Waals surface area contributed by atoms with E-state index in [1.807, 2.05) is 32.6 Å². The van der Waals surface area contributed by atoms with Crippen molar-refractivity contribution in [2.75, 3.05) is 0 Å².